The number of amides is 1. The molecule has 60 valence electrons. The summed E-state index contributed by atoms with van der Waals surface area (Å²) in [6.07, 6.45) is 2.78. The van der Waals surface area contributed by atoms with Crippen LogP contribution < -0.4 is 0 Å². The second-order valence-electron chi connectivity index (χ2n) is 2.00. The molecule has 0 aromatic carbocycles. The van der Waals surface area contributed by atoms with Gasteiger partial charge < -0.3 is 4.79 Å². The predicted octanol–water partition coefficient (Wildman–Crippen LogP) is 1.58. The molecule has 0 heterocycles. The van der Waals surface area contributed by atoms with E-state index in [-0.39, 0.29) is 6.42 Å². The molecule has 0 N–H and O–H groups in total. The zero-order chi connectivity index (χ0) is 8.53. The van der Waals surface area contributed by atoms with E-state index in [9.17, 15) is 9.59 Å². The van der Waals surface area contributed by atoms with Gasteiger partial charge in [-0.3, -0.25) is 4.79 Å². The second kappa shape index (κ2) is 6.77. The van der Waals surface area contributed by atoms with Crippen LogP contribution in [-0.2, 0) is 9.59 Å². The summed E-state index contributed by atoms with van der Waals surface area (Å²) in [5.74, 6) is -0.460. The SMILES string of the molecule is [N-]=[N+]=NC(=O)CCCCC=O. The molecular weight excluding hydrogens is 146 g/mol. The Labute approximate surface area is 64.0 Å². The van der Waals surface area contributed by atoms with Crippen molar-refractivity contribution in [3.8, 4) is 0 Å². The van der Waals surface area contributed by atoms with Gasteiger partial charge in [-0.15, -0.1) is 0 Å². The van der Waals surface area contributed by atoms with E-state index in [4.69, 9.17) is 5.53 Å². The van der Waals surface area contributed by atoms with Crippen LogP contribution in [0.4, 0.5) is 0 Å². The minimum absolute atomic E-state index is 0.234. The van der Waals surface area contributed by atoms with Crippen molar-refractivity contribution in [3.05, 3.63) is 10.4 Å². The van der Waals surface area contributed by atoms with E-state index in [0.717, 1.165) is 6.29 Å². The lowest BCUT2D eigenvalue weighted by Gasteiger charge is -1.90. The van der Waals surface area contributed by atoms with Crippen LogP contribution >= 0.6 is 0 Å². The first-order chi connectivity index (χ1) is 5.31. The Balaban J connectivity index is 3.31. The van der Waals surface area contributed by atoms with E-state index in [1.54, 1.807) is 0 Å². The molecule has 0 aromatic rings. The lowest BCUT2D eigenvalue weighted by atomic mass is 10.2. The minimum Gasteiger partial charge on any atom is -0.303 e. The van der Waals surface area contributed by atoms with Gasteiger partial charge in [0, 0.05) is 17.8 Å². The molecule has 0 aliphatic rings. The molecule has 0 aromatic heterocycles. The number of hydrogen-bond acceptors (Lipinski definition) is 2. The first kappa shape index (κ1) is 9.65. The third-order valence-corrected chi connectivity index (χ3v) is 1.12. The standard InChI is InChI=1S/C6H9N3O2/c7-9-8-6(11)4-2-1-3-5-10/h5H,1-4H2. The van der Waals surface area contributed by atoms with Crippen LogP contribution in [0.1, 0.15) is 25.7 Å². The van der Waals surface area contributed by atoms with Gasteiger partial charge in [0.15, 0.2) is 0 Å². The average Bonchev–Trinajstić information content (AvgIpc) is 1.99. The van der Waals surface area contributed by atoms with E-state index in [1.165, 1.54) is 0 Å². The summed E-state index contributed by atoms with van der Waals surface area (Å²) in [4.78, 5) is 22.6. The van der Waals surface area contributed by atoms with Crippen LogP contribution in [0, 0.1) is 0 Å². The van der Waals surface area contributed by atoms with Gasteiger partial charge in [-0.25, -0.2) is 0 Å². The molecule has 0 rings (SSSR count). The van der Waals surface area contributed by atoms with Gasteiger partial charge in [0.2, 0.25) is 5.91 Å². The number of azide groups is 1. The van der Waals surface area contributed by atoms with E-state index in [1.807, 2.05) is 0 Å². The molecule has 5 nitrogen and oxygen atoms in total. The molecule has 0 saturated carbocycles. The van der Waals surface area contributed by atoms with Crippen LogP contribution in [0.5, 0.6) is 0 Å². The van der Waals surface area contributed by atoms with Gasteiger partial charge in [0.05, 0.1) is 0 Å². The summed E-state index contributed by atoms with van der Waals surface area (Å²) in [6.45, 7) is 0. The Morgan fingerprint density at radius 2 is 2.27 bits per heavy atom. The zero-order valence-electron chi connectivity index (χ0n) is 6.06. The first-order valence-corrected chi connectivity index (χ1v) is 3.33. The highest BCUT2D eigenvalue weighted by Crippen LogP contribution is 1.99. The van der Waals surface area contributed by atoms with E-state index in [2.05, 4.69) is 10.0 Å². The van der Waals surface area contributed by atoms with Crippen LogP contribution in [0.3, 0.4) is 0 Å². The van der Waals surface area contributed by atoms with Gasteiger partial charge in [-0.2, -0.15) is 0 Å². The van der Waals surface area contributed by atoms with Crippen molar-refractivity contribution >= 4 is 12.2 Å². The molecule has 0 unspecified atom stereocenters. The quantitative estimate of drug-likeness (QED) is 0.198. The lowest BCUT2D eigenvalue weighted by molar-refractivity contribution is -0.118. The Hall–Kier alpha value is -1.35. The second-order valence-corrected chi connectivity index (χ2v) is 2.00. The highest BCUT2D eigenvalue weighted by atomic mass is 16.1. The van der Waals surface area contributed by atoms with E-state index < -0.39 is 5.91 Å². The number of carbonyl (C=O) groups is 2. The highest BCUT2D eigenvalue weighted by molar-refractivity contribution is 5.76. The summed E-state index contributed by atoms with van der Waals surface area (Å²) < 4.78 is 0. The maximum Gasteiger partial charge on any atom is 0.218 e. The monoisotopic (exact) mass is 155 g/mol. The molecule has 0 aliphatic carbocycles. The summed E-state index contributed by atoms with van der Waals surface area (Å²) in [5, 5.41) is 2.88. The Morgan fingerprint density at radius 1 is 1.55 bits per heavy atom. The third-order valence-electron chi connectivity index (χ3n) is 1.12. The molecule has 0 spiro atoms. The fraction of sp³-hybridized carbons (Fsp3) is 0.667. The van der Waals surface area contributed by atoms with Gasteiger partial charge in [-0.05, 0) is 23.5 Å². The van der Waals surface area contributed by atoms with Gasteiger partial charge in [0.1, 0.15) is 6.29 Å². The molecule has 1 amide bonds. The van der Waals surface area contributed by atoms with Crippen molar-refractivity contribution in [1.29, 1.82) is 0 Å². The van der Waals surface area contributed by atoms with Crippen molar-refractivity contribution < 1.29 is 9.59 Å². The highest BCUT2D eigenvalue weighted by Gasteiger charge is 1.95. The Bertz CT molecular complexity index is 184. The fourth-order valence-corrected chi connectivity index (χ4v) is 0.604. The predicted molar refractivity (Wildman–Crippen MR) is 38.7 cm³/mol. The van der Waals surface area contributed by atoms with Crippen LogP contribution in [-0.4, -0.2) is 12.2 Å². The first-order valence-electron chi connectivity index (χ1n) is 3.33. The number of aldehydes is 1. The molecule has 5 heteroatoms. The zero-order valence-corrected chi connectivity index (χ0v) is 6.06. The van der Waals surface area contributed by atoms with E-state index in [0.29, 0.717) is 19.3 Å². The smallest absolute Gasteiger partial charge is 0.218 e. The van der Waals surface area contributed by atoms with Crippen molar-refractivity contribution in [2.45, 2.75) is 25.7 Å². The fourth-order valence-electron chi connectivity index (χ4n) is 0.604. The van der Waals surface area contributed by atoms with Gasteiger partial charge >= 0.3 is 0 Å². The lowest BCUT2D eigenvalue weighted by Crippen LogP contribution is -1.90. The van der Waals surface area contributed by atoms with Crippen molar-refractivity contribution in [1.82, 2.24) is 0 Å². The van der Waals surface area contributed by atoms with Crippen LogP contribution in [0.2, 0.25) is 0 Å². The average molecular weight is 155 g/mol. The van der Waals surface area contributed by atoms with Crippen molar-refractivity contribution in [2.24, 2.45) is 5.11 Å². The summed E-state index contributed by atoms with van der Waals surface area (Å²) >= 11 is 0. The molecular formula is C6H9N3O2. The largest absolute Gasteiger partial charge is 0.303 e. The number of hydrogen-bond donors (Lipinski definition) is 0. The van der Waals surface area contributed by atoms with Gasteiger partial charge in [0.25, 0.3) is 0 Å². The molecule has 0 aliphatic heterocycles. The van der Waals surface area contributed by atoms with E-state index >= 15 is 0 Å². The number of rotatable bonds is 5. The molecule has 0 saturated heterocycles. The number of nitrogens with zero attached hydrogens (tertiary/aromatic N) is 3. The Morgan fingerprint density at radius 3 is 2.82 bits per heavy atom. The number of carbonyl (C=O) groups excluding carboxylic acids is 2. The molecule has 11 heavy (non-hydrogen) atoms. The summed E-state index contributed by atoms with van der Waals surface area (Å²) in [7, 11) is 0. The topological polar surface area (TPSA) is 82.9 Å². The van der Waals surface area contributed by atoms with Gasteiger partial charge in [-0.1, -0.05) is 0 Å². The van der Waals surface area contributed by atoms with Crippen LogP contribution in [0.25, 0.3) is 10.4 Å². The normalized spacial score (nSPS) is 8.36. The molecule has 0 atom stereocenters. The summed E-state index contributed by atoms with van der Waals surface area (Å²) in [5.41, 5.74) is 7.82. The maximum absolute atomic E-state index is 10.5. The molecule has 0 fully saturated rings. The van der Waals surface area contributed by atoms with Crippen molar-refractivity contribution in [2.75, 3.05) is 0 Å². The molecule has 0 bridgehead atoms. The Kier molecular flexibility index (Phi) is 5.94. The van der Waals surface area contributed by atoms with Crippen molar-refractivity contribution in [3.63, 3.8) is 0 Å². The summed E-state index contributed by atoms with van der Waals surface area (Å²) in [6, 6.07) is 0. The minimum atomic E-state index is -0.460. The molecule has 0 radical (unpaired) electrons. The number of unbranched alkanes of at least 4 members (excludes halogenated alkanes) is 2. The maximum atomic E-state index is 10.5. The third kappa shape index (κ3) is 6.54. The van der Waals surface area contributed by atoms with Crippen LogP contribution in [0.15, 0.2) is 5.11 Å².